The Morgan fingerprint density at radius 2 is 1.35 bits per heavy atom. The summed E-state index contributed by atoms with van der Waals surface area (Å²) in [7, 11) is 7.52. The van der Waals surface area contributed by atoms with Gasteiger partial charge in [-0.15, -0.1) is 0 Å². The first kappa shape index (κ1) is 43.7. The molecule has 54 heavy (non-hydrogen) atoms. The molecule has 0 fully saturated rings. The second kappa shape index (κ2) is 18.6. The van der Waals surface area contributed by atoms with Crippen molar-refractivity contribution in [3.8, 4) is 28.5 Å². The van der Waals surface area contributed by atoms with Crippen molar-refractivity contribution < 1.29 is 54.0 Å². The molecule has 0 amide bonds. The fraction of sp³-hybridized carbons (Fsp3) is 0.189. The summed E-state index contributed by atoms with van der Waals surface area (Å²) >= 11 is 2.91. The minimum absolute atomic E-state index is 0. The second-order valence-corrected chi connectivity index (χ2v) is 13.5. The van der Waals surface area contributed by atoms with Crippen molar-refractivity contribution in [2.45, 2.75) is 21.3 Å². The monoisotopic (exact) mass is 982 g/mol. The van der Waals surface area contributed by atoms with E-state index in [1.165, 1.54) is 39.9 Å². The van der Waals surface area contributed by atoms with Crippen LogP contribution >= 0.6 is 23.1 Å². The van der Waals surface area contributed by atoms with Gasteiger partial charge in [-0.05, 0) is 97.6 Å². The third-order valence-electron chi connectivity index (χ3n) is 7.82. The van der Waals surface area contributed by atoms with E-state index in [-0.39, 0.29) is 68.2 Å². The van der Waals surface area contributed by atoms with E-state index in [0.29, 0.717) is 23.1 Å². The Morgan fingerprint density at radius 3 is 1.85 bits per heavy atom. The molecule has 8 rings (SSSR count). The average molecular weight is 983 g/mol. The van der Waals surface area contributed by atoms with Gasteiger partial charge in [0.25, 0.3) is 11.6 Å². The summed E-state index contributed by atoms with van der Waals surface area (Å²) < 4.78 is 21.2. The van der Waals surface area contributed by atoms with Gasteiger partial charge in [-0.3, -0.25) is 4.79 Å². The number of anilines is 2. The maximum atomic E-state index is 12.2. The third-order valence-corrected chi connectivity index (χ3v) is 9.47. The molecular weight excluding hydrogens is 942 g/mol. The van der Waals surface area contributed by atoms with E-state index in [4.69, 9.17) is 10.2 Å². The molecule has 0 unspecified atom stereocenters. The molecule has 6 heterocycles. The first-order chi connectivity index (χ1) is 24.4. The molecule has 14 nitrogen and oxygen atoms in total. The normalized spacial score (nSPS) is 10.3. The molecule has 0 aliphatic carbocycles. The summed E-state index contributed by atoms with van der Waals surface area (Å²) in [5.74, 6) is 0. The van der Waals surface area contributed by atoms with Crippen LogP contribution in [-0.4, -0.2) is 52.0 Å². The van der Waals surface area contributed by atoms with Crippen molar-refractivity contribution in [1.82, 2.24) is 32.4 Å². The quantitative estimate of drug-likeness (QED) is 0.213. The van der Waals surface area contributed by atoms with E-state index in [1.807, 2.05) is 79.6 Å². The Balaban J connectivity index is 0.000000228. The van der Waals surface area contributed by atoms with E-state index in [0.717, 1.165) is 48.5 Å². The number of nitrogens with one attached hydrogen (secondary N) is 1. The number of H-pyrrole nitrogens is 1. The van der Waals surface area contributed by atoms with Crippen LogP contribution in [0.5, 0.6) is 0 Å². The summed E-state index contributed by atoms with van der Waals surface area (Å²) in [5, 5.41) is 2.05. The molecule has 0 spiro atoms. The number of nitrogens with zero attached hydrogens (tertiary/aromatic N) is 7. The Morgan fingerprint density at radius 1 is 0.796 bits per heavy atom. The van der Waals surface area contributed by atoms with Gasteiger partial charge in [-0.25, -0.2) is 19.1 Å². The van der Waals surface area contributed by atoms with Gasteiger partial charge < -0.3 is 34.6 Å². The van der Waals surface area contributed by atoms with Crippen LogP contribution in [-0.2, 0) is 14.1 Å². The number of aromatic nitrogens is 7. The Bertz CT molecular complexity index is 2650. The van der Waals surface area contributed by atoms with Crippen LogP contribution in [0.4, 0.5) is 11.7 Å². The van der Waals surface area contributed by atoms with Crippen molar-refractivity contribution in [1.29, 1.82) is 0 Å². The molecule has 0 saturated carbocycles. The fourth-order valence-electron chi connectivity index (χ4n) is 5.35. The molecule has 279 valence electrons. The number of rotatable bonds is 4. The zero-order valence-corrected chi connectivity index (χ0v) is 36.2. The maximum absolute atomic E-state index is 12.2. The van der Waals surface area contributed by atoms with Crippen LogP contribution in [0.3, 0.4) is 0 Å². The van der Waals surface area contributed by atoms with E-state index >= 15 is 0 Å². The maximum Gasteiger partial charge on any atom is 0.340 e. The summed E-state index contributed by atoms with van der Waals surface area (Å²) in [6, 6.07) is 22.6. The standard InChI is InChI=1S/C17H14N4O2S.C12H11N3S.C7H10N2O2.CH4.Ac.H2O/c1-10-8-15(22)21(17(23)18-10)11-5-6-14-12(9-11)16(19-24-14)13-4-3-7-20(13)2;1-15-6-2-3-10(15)12-9-7-8(13)4-5-11(9)16-14-12;1-5-4-6(10)11-7(8-5)9(2)3;;;/h3-9H,1-2H3,(H,18,23);2-7H,13H2,1H3;4H,1-3H3;1H4;;1H2. The molecule has 0 aliphatic rings. The predicted octanol–water partition coefficient (Wildman–Crippen LogP) is 5.55. The van der Waals surface area contributed by atoms with Crippen molar-refractivity contribution in [2.24, 2.45) is 14.1 Å². The molecule has 0 atom stereocenters. The topological polar surface area (TPSA) is 194 Å². The summed E-state index contributed by atoms with van der Waals surface area (Å²) in [6.45, 7) is 3.44. The number of nitrogens with two attached hydrogens (primary N) is 1. The minimum atomic E-state index is -0.442. The zero-order valence-electron chi connectivity index (χ0n) is 29.8. The van der Waals surface area contributed by atoms with E-state index in [1.54, 1.807) is 38.9 Å². The van der Waals surface area contributed by atoms with Crippen molar-refractivity contribution in [3.63, 3.8) is 0 Å². The first-order valence-electron chi connectivity index (χ1n) is 15.7. The van der Waals surface area contributed by atoms with E-state index in [9.17, 15) is 14.4 Å². The number of hydrogen-bond donors (Lipinski definition) is 2. The zero-order chi connectivity index (χ0) is 36.4. The summed E-state index contributed by atoms with van der Waals surface area (Å²) in [6.07, 6.45) is 3.98. The van der Waals surface area contributed by atoms with Crippen LogP contribution in [0, 0.1) is 57.9 Å². The van der Waals surface area contributed by atoms with Gasteiger partial charge >= 0.3 is 11.3 Å². The van der Waals surface area contributed by atoms with Gasteiger partial charge in [-0.2, -0.15) is 8.75 Å². The number of fused-ring (bicyclic) bond motifs is 2. The number of aromatic amines is 1. The first-order valence-corrected chi connectivity index (χ1v) is 17.2. The molecule has 6 aromatic heterocycles. The summed E-state index contributed by atoms with van der Waals surface area (Å²) in [4.78, 5) is 43.5. The smallest absolute Gasteiger partial charge is 0.340 e. The van der Waals surface area contributed by atoms with Crippen LogP contribution in [0.15, 0.2) is 104 Å². The van der Waals surface area contributed by atoms with Gasteiger partial charge in [0.2, 0.25) is 0 Å². The van der Waals surface area contributed by atoms with Crippen molar-refractivity contribution in [2.75, 3.05) is 24.7 Å². The molecule has 1 radical (unpaired) electrons. The Labute approximate surface area is 354 Å². The Kier molecular flexibility index (Phi) is 15.1. The summed E-state index contributed by atoms with van der Waals surface area (Å²) in [5.41, 5.74) is 11.2. The molecule has 8 aromatic rings. The third kappa shape index (κ3) is 9.52. The molecule has 0 aliphatic heterocycles. The second-order valence-electron chi connectivity index (χ2n) is 11.9. The van der Waals surface area contributed by atoms with Crippen LogP contribution in [0.1, 0.15) is 18.8 Å². The number of nitrogen functional groups attached to an aromatic ring is 1. The van der Waals surface area contributed by atoms with E-state index < -0.39 is 5.69 Å². The van der Waals surface area contributed by atoms with E-state index in [2.05, 4.69) is 29.3 Å². The van der Waals surface area contributed by atoms with Gasteiger partial charge in [0.1, 0.15) is 11.4 Å². The molecule has 2 aromatic carbocycles. The molecular formula is C37H41AcN9O5S2. The number of hydrogen-bond acceptors (Lipinski definition) is 11. The Hall–Kier alpha value is -4.66. The van der Waals surface area contributed by atoms with Gasteiger partial charge in [-0.1, -0.05) is 7.43 Å². The molecule has 0 saturated heterocycles. The van der Waals surface area contributed by atoms with Crippen LogP contribution in [0.2, 0.25) is 0 Å². The SMILES string of the molecule is C.Cc1cc(=O)n(-c2ccc3snc(-c4cccn4C)c3c2)c(=O)[nH]1.Cc1cc(=O)oc(N(C)C)n1.Cn1cccc1-c1nsc2ccc(N)cc12.O.[Ac]. The molecule has 17 heteroatoms. The largest absolute Gasteiger partial charge is 0.412 e. The fourth-order valence-corrected chi connectivity index (χ4v) is 6.88. The van der Waals surface area contributed by atoms with Gasteiger partial charge in [0, 0.05) is 119 Å². The molecule has 5 N–H and O–H groups in total. The number of aryl methyl sites for hydroxylation is 4. The van der Waals surface area contributed by atoms with Crippen molar-refractivity contribution >= 4 is 54.9 Å². The van der Waals surface area contributed by atoms with Crippen LogP contribution in [0.25, 0.3) is 48.6 Å². The van der Waals surface area contributed by atoms with Gasteiger partial charge in [0.15, 0.2) is 0 Å². The number of benzene rings is 2. The average Bonchev–Trinajstić information content (AvgIpc) is 3.87. The van der Waals surface area contributed by atoms with Gasteiger partial charge in [0.05, 0.1) is 32.2 Å². The molecule has 0 bridgehead atoms. The van der Waals surface area contributed by atoms with Crippen LogP contribution < -0.4 is 27.5 Å². The van der Waals surface area contributed by atoms with Crippen molar-refractivity contribution in [3.05, 3.63) is 128 Å². The minimum Gasteiger partial charge on any atom is -0.412 e. The predicted molar refractivity (Wildman–Crippen MR) is 216 cm³/mol.